The summed E-state index contributed by atoms with van der Waals surface area (Å²) in [6.45, 7) is 7.32. The third kappa shape index (κ3) is 3.32. The number of hydrogen-bond acceptors (Lipinski definition) is 3. The SMILES string of the molecule is CCC1(CN(C)CC2(N(C)C)CCC2)CCNCC1. The van der Waals surface area contributed by atoms with Crippen LogP contribution in [0.15, 0.2) is 0 Å². The molecule has 2 aliphatic rings. The van der Waals surface area contributed by atoms with E-state index in [1.807, 2.05) is 0 Å². The molecule has 0 radical (unpaired) electrons. The lowest BCUT2D eigenvalue weighted by molar-refractivity contribution is 0.0105. The van der Waals surface area contributed by atoms with Crippen LogP contribution >= 0.6 is 0 Å². The van der Waals surface area contributed by atoms with Gasteiger partial charge in [-0.2, -0.15) is 0 Å². The van der Waals surface area contributed by atoms with E-state index >= 15 is 0 Å². The molecule has 1 N–H and O–H groups in total. The van der Waals surface area contributed by atoms with Crippen molar-refractivity contribution >= 4 is 0 Å². The van der Waals surface area contributed by atoms with Gasteiger partial charge in [0.1, 0.15) is 0 Å². The molecular weight excluding hydrogens is 234 g/mol. The zero-order valence-corrected chi connectivity index (χ0v) is 13.5. The summed E-state index contributed by atoms with van der Waals surface area (Å²) in [6, 6.07) is 0. The molecule has 0 bridgehead atoms. The Balaban J connectivity index is 1.90. The molecule has 3 heteroatoms. The standard InChI is InChI=1S/C16H33N3/c1-5-15(9-11-17-12-10-15)13-19(4)14-16(18(2)3)7-6-8-16/h17H,5-14H2,1-4H3. The van der Waals surface area contributed by atoms with Crippen LogP contribution in [0.5, 0.6) is 0 Å². The quantitative estimate of drug-likeness (QED) is 0.796. The van der Waals surface area contributed by atoms with Crippen LogP contribution < -0.4 is 5.32 Å². The van der Waals surface area contributed by atoms with Gasteiger partial charge in [0.2, 0.25) is 0 Å². The Morgan fingerprint density at radius 1 is 0.947 bits per heavy atom. The fourth-order valence-electron chi connectivity index (χ4n) is 4.04. The van der Waals surface area contributed by atoms with Gasteiger partial charge < -0.3 is 15.1 Å². The number of rotatable bonds is 6. The zero-order chi connectivity index (χ0) is 13.9. The first-order chi connectivity index (χ1) is 9.02. The van der Waals surface area contributed by atoms with E-state index in [9.17, 15) is 0 Å². The molecule has 0 aromatic rings. The second kappa shape index (κ2) is 6.11. The summed E-state index contributed by atoms with van der Waals surface area (Å²) in [4.78, 5) is 5.09. The van der Waals surface area contributed by atoms with Crippen LogP contribution in [0.1, 0.15) is 45.4 Å². The van der Waals surface area contributed by atoms with Gasteiger partial charge in [0, 0.05) is 18.6 Å². The largest absolute Gasteiger partial charge is 0.317 e. The first kappa shape index (κ1) is 15.3. The number of likely N-dealkylation sites (N-methyl/N-ethyl adjacent to an activating group) is 2. The molecule has 1 aliphatic heterocycles. The monoisotopic (exact) mass is 267 g/mol. The van der Waals surface area contributed by atoms with Crippen LogP contribution in [-0.4, -0.2) is 62.7 Å². The normalized spacial score (nSPS) is 25.6. The molecule has 0 aromatic carbocycles. The van der Waals surface area contributed by atoms with Crippen LogP contribution in [0.2, 0.25) is 0 Å². The summed E-state index contributed by atoms with van der Waals surface area (Å²) in [5.41, 5.74) is 1.04. The van der Waals surface area contributed by atoms with Crippen molar-refractivity contribution in [3.05, 3.63) is 0 Å². The van der Waals surface area contributed by atoms with Crippen molar-refractivity contribution < 1.29 is 0 Å². The summed E-state index contributed by atoms with van der Waals surface area (Å²) in [5, 5.41) is 3.51. The molecule has 2 rings (SSSR count). The first-order valence-corrected chi connectivity index (χ1v) is 8.09. The van der Waals surface area contributed by atoms with Crippen LogP contribution in [0.4, 0.5) is 0 Å². The van der Waals surface area contributed by atoms with E-state index in [1.54, 1.807) is 0 Å². The van der Waals surface area contributed by atoms with E-state index in [0.717, 1.165) is 0 Å². The predicted octanol–water partition coefficient (Wildman–Crippen LogP) is 2.18. The molecule has 0 spiro atoms. The van der Waals surface area contributed by atoms with Crippen molar-refractivity contribution in [2.45, 2.75) is 51.0 Å². The fraction of sp³-hybridized carbons (Fsp3) is 1.00. The lowest BCUT2D eigenvalue weighted by Crippen LogP contribution is -2.58. The Hall–Kier alpha value is -0.120. The molecule has 2 fully saturated rings. The summed E-state index contributed by atoms with van der Waals surface area (Å²) in [5.74, 6) is 0. The lowest BCUT2D eigenvalue weighted by atomic mass is 9.73. The first-order valence-electron chi connectivity index (χ1n) is 8.09. The number of nitrogens with one attached hydrogen (secondary N) is 1. The summed E-state index contributed by atoms with van der Waals surface area (Å²) in [7, 11) is 6.85. The van der Waals surface area contributed by atoms with Crippen LogP contribution in [0, 0.1) is 5.41 Å². The number of hydrogen-bond donors (Lipinski definition) is 1. The van der Waals surface area contributed by atoms with Crippen LogP contribution in [0.3, 0.4) is 0 Å². The molecule has 0 atom stereocenters. The van der Waals surface area contributed by atoms with Gasteiger partial charge in [-0.1, -0.05) is 6.92 Å². The maximum absolute atomic E-state index is 3.51. The Kier molecular flexibility index (Phi) is 4.91. The van der Waals surface area contributed by atoms with E-state index < -0.39 is 0 Å². The molecular formula is C16H33N3. The van der Waals surface area contributed by atoms with Crippen molar-refractivity contribution in [3.63, 3.8) is 0 Å². The van der Waals surface area contributed by atoms with Gasteiger partial charge in [-0.25, -0.2) is 0 Å². The molecule has 1 heterocycles. The minimum atomic E-state index is 0.469. The van der Waals surface area contributed by atoms with Gasteiger partial charge in [-0.05, 0) is 78.2 Å². The van der Waals surface area contributed by atoms with E-state index in [4.69, 9.17) is 0 Å². The van der Waals surface area contributed by atoms with Gasteiger partial charge in [0.15, 0.2) is 0 Å². The highest BCUT2D eigenvalue weighted by Crippen LogP contribution is 2.38. The Bertz CT molecular complexity index is 278. The van der Waals surface area contributed by atoms with E-state index in [-0.39, 0.29) is 0 Å². The molecule has 0 amide bonds. The van der Waals surface area contributed by atoms with Gasteiger partial charge in [0.25, 0.3) is 0 Å². The second-order valence-electron chi connectivity index (χ2n) is 7.25. The second-order valence-corrected chi connectivity index (χ2v) is 7.25. The third-order valence-corrected chi connectivity index (χ3v) is 5.82. The average molecular weight is 267 g/mol. The van der Waals surface area contributed by atoms with E-state index in [2.05, 4.69) is 43.2 Å². The molecule has 112 valence electrons. The Morgan fingerprint density at radius 3 is 2.00 bits per heavy atom. The van der Waals surface area contributed by atoms with E-state index in [1.165, 1.54) is 64.7 Å². The van der Waals surface area contributed by atoms with Crippen molar-refractivity contribution in [1.29, 1.82) is 0 Å². The molecule has 1 saturated carbocycles. The maximum atomic E-state index is 3.51. The van der Waals surface area contributed by atoms with Gasteiger partial charge >= 0.3 is 0 Å². The molecule has 19 heavy (non-hydrogen) atoms. The molecule has 0 aromatic heterocycles. The summed E-state index contributed by atoms with van der Waals surface area (Å²) in [6.07, 6.45) is 8.20. The molecule has 0 unspecified atom stereocenters. The smallest absolute Gasteiger partial charge is 0.0330 e. The van der Waals surface area contributed by atoms with Crippen molar-refractivity contribution in [2.75, 3.05) is 47.3 Å². The molecule has 3 nitrogen and oxygen atoms in total. The molecule has 1 saturated heterocycles. The average Bonchev–Trinajstić information content (AvgIpc) is 2.34. The van der Waals surface area contributed by atoms with Crippen molar-refractivity contribution in [3.8, 4) is 0 Å². The van der Waals surface area contributed by atoms with Crippen molar-refractivity contribution in [2.24, 2.45) is 5.41 Å². The minimum absolute atomic E-state index is 0.469. The van der Waals surface area contributed by atoms with Gasteiger partial charge in [0.05, 0.1) is 0 Å². The molecule has 1 aliphatic carbocycles. The van der Waals surface area contributed by atoms with Gasteiger partial charge in [-0.15, -0.1) is 0 Å². The highest BCUT2D eigenvalue weighted by Gasteiger charge is 2.41. The predicted molar refractivity (Wildman–Crippen MR) is 82.6 cm³/mol. The highest BCUT2D eigenvalue weighted by molar-refractivity contribution is 4.98. The van der Waals surface area contributed by atoms with Gasteiger partial charge in [-0.3, -0.25) is 0 Å². The van der Waals surface area contributed by atoms with E-state index in [0.29, 0.717) is 11.0 Å². The van der Waals surface area contributed by atoms with Crippen LogP contribution in [-0.2, 0) is 0 Å². The Labute approximate surface area is 119 Å². The topological polar surface area (TPSA) is 18.5 Å². The minimum Gasteiger partial charge on any atom is -0.317 e. The fourth-order valence-corrected chi connectivity index (χ4v) is 4.04. The third-order valence-electron chi connectivity index (χ3n) is 5.82. The Morgan fingerprint density at radius 2 is 1.58 bits per heavy atom. The number of nitrogens with zero attached hydrogens (tertiary/aromatic N) is 2. The summed E-state index contributed by atoms with van der Waals surface area (Å²) >= 11 is 0. The van der Waals surface area contributed by atoms with Crippen LogP contribution in [0.25, 0.3) is 0 Å². The summed E-state index contributed by atoms with van der Waals surface area (Å²) < 4.78 is 0. The maximum Gasteiger partial charge on any atom is 0.0330 e. The van der Waals surface area contributed by atoms with Crippen molar-refractivity contribution in [1.82, 2.24) is 15.1 Å². The number of piperidine rings is 1. The highest BCUT2D eigenvalue weighted by atomic mass is 15.2. The zero-order valence-electron chi connectivity index (χ0n) is 13.5. The lowest BCUT2D eigenvalue weighted by Gasteiger charge is -2.50.